The van der Waals surface area contributed by atoms with Crippen molar-refractivity contribution in [1.82, 2.24) is 10.6 Å². The van der Waals surface area contributed by atoms with Crippen LogP contribution in [0.15, 0.2) is 29.2 Å². The normalized spacial score (nSPS) is 18.0. The first kappa shape index (κ1) is 17.1. The van der Waals surface area contributed by atoms with E-state index in [1.807, 2.05) is 0 Å². The van der Waals surface area contributed by atoms with E-state index in [4.69, 9.17) is 0 Å². The number of piperidine rings is 1. The summed E-state index contributed by atoms with van der Waals surface area (Å²) < 4.78 is 36.7. The van der Waals surface area contributed by atoms with Crippen molar-refractivity contribution in [3.63, 3.8) is 0 Å². The number of amides is 1. The van der Waals surface area contributed by atoms with Crippen molar-refractivity contribution in [2.45, 2.75) is 30.2 Å². The van der Waals surface area contributed by atoms with Gasteiger partial charge in [0.15, 0.2) is 0 Å². The van der Waals surface area contributed by atoms with Crippen molar-refractivity contribution in [2.75, 3.05) is 19.6 Å². The number of rotatable bonds is 4. The number of carbonyl (C=O) groups excluding carboxylic acids is 1. The van der Waals surface area contributed by atoms with Crippen LogP contribution in [0.4, 0.5) is 13.2 Å². The quantitative estimate of drug-likeness (QED) is 0.830. The first-order valence-electron chi connectivity index (χ1n) is 7.12. The highest BCUT2D eigenvalue weighted by molar-refractivity contribution is 8.00. The third-order valence-electron chi connectivity index (χ3n) is 3.84. The van der Waals surface area contributed by atoms with Crippen LogP contribution < -0.4 is 10.6 Å². The summed E-state index contributed by atoms with van der Waals surface area (Å²) in [5.41, 5.74) is -3.86. The predicted octanol–water partition coefficient (Wildman–Crippen LogP) is 3.42. The molecule has 0 bridgehead atoms. The van der Waals surface area contributed by atoms with Crippen molar-refractivity contribution in [1.29, 1.82) is 0 Å². The number of carbonyl (C=O) groups is 1. The summed E-state index contributed by atoms with van der Waals surface area (Å²) in [5, 5.41) is 6.16. The molecule has 1 aliphatic rings. The molecule has 0 atom stereocenters. The van der Waals surface area contributed by atoms with Crippen LogP contribution >= 0.6 is 11.8 Å². The second-order valence-corrected chi connectivity index (χ2v) is 6.95. The second-order valence-electron chi connectivity index (χ2n) is 5.82. The van der Waals surface area contributed by atoms with Crippen LogP contribution in [0.2, 0.25) is 0 Å². The van der Waals surface area contributed by atoms with Crippen molar-refractivity contribution >= 4 is 17.7 Å². The number of thioether (sulfide) groups is 1. The first-order chi connectivity index (χ1) is 10.3. The molecular formula is C15H19F3N2OS. The Morgan fingerprint density at radius 3 is 2.41 bits per heavy atom. The summed E-state index contributed by atoms with van der Waals surface area (Å²) >= 11 is -0.182. The smallest absolute Gasteiger partial charge is 0.351 e. The molecule has 7 heteroatoms. The van der Waals surface area contributed by atoms with Crippen LogP contribution in [0.1, 0.15) is 30.1 Å². The minimum absolute atomic E-state index is 0.0764. The van der Waals surface area contributed by atoms with Gasteiger partial charge in [0.25, 0.3) is 5.91 Å². The number of benzene rings is 1. The van der Waals surface area contributed by atoms with Crippen LogP contribution in [-0.4, -0.2) is 31.0 Å². The molecule has 1 aliphatic heterocycles. The van der Waals surface area contributed by atoms with Gasteiger partial charge in [-0.3, -0.25) is 4.79 Å². The number of nitrogens with one attached hydrogen (secondary N) is 2. The van der Waals surface area contributed by atoms with Crippen molar-refractivity contribution in [2.24, 2.45) is 5.41 Å². The Hall–Kier alpha value is -1.21. The molecular weight excluding hydrogens is 313 g/mol. The Morgan fingerprint density at radius 1 is 1.27 bits per heavy atom. The lowest BCUT2D eigenvalue weighted by Crippen LogP contribution is -2.42. The van der Waals surface area contributed by atoms with E-state index in [-0.39, 0.29) is 28.0 Å². The summed E-state index contributed by atoms with van der Waals surface area (Å²) in [7, 11) is 0. The third-order valence-corrected chi connectivity index (χ3v) is 4.58. The lowest BCUT2D eigenvalue weighted by atomic mass is 9.81. The highest BCUT2D eigenvalue weighted by Crippen LogP contribution is 2.36. The Balaban J connectivity index is 1.89. The lowest BCUT2D eigenvalue weighted by molar-refractivity contribution is -0.0328. The van der Waals surface area contributed by atoms with Crippen LogP contribution in [0.5, 0.6) is 0 Å². The van der Waals surface area contributed by atoms with Gasteiger partial charge in [0.2, 0.25) is 0 Å². The minimum Gasteiger partial charge on any atom is -0.351 e. The standard InChI is InChI=1S/C15H19F3N2OS/c1-14(6-8-19-9-7-14)10-20-13(21)11-2-4-12(5-3-11)22-15(16,17)18/h2-5,19H,6-10H2,1H3,(H,20,21). The minimum atomic E-state index is -4.31. The van der Waals surface area contributed by atoms with E-state index < -0.39 is 5.51 Å². The summed E-state index contributed by atoms with van der Waals surface area (Å²) in [6.07, 6.45) is 1.99. The molecule has 3 nitrogen and oxygen atoms in total. The van der Waals surface area contributed by atoms with Crippen molar-refractivity contribution < 1.29 is 18.0 Å². The van der Waals surface area contributed by atoms with Gasteiger partial charge < -0.3 is 10.6 Å². The summed E-state index contributed by atoms with van der Waals surface area (Å²) in [6.45, 7) is 4.59. The fourth-order valence-electron chi connectivity index (χ4n) is 2.41. The van der Waals surface area contributed by atoms with E-state index in [2.05, 4.69) is 17.6 Å². The molecule has 2 rings (SSSR count). The molecule has 1 heterocycles. The fraction of sp³-hybridized carbons (Fsp3) is 0.533. The maximum absolute atomic E-state index is 12.2. The highest BCUT2D eigenvalue weighted by Gasteiger charge is 2.29. The van der Waals surface area contributed by atoms with Gasteiger partial charge in [0, 0.05) is 17.0 Å². The molecule has 0 unspecified atom stereocenters. The van der Waals surface area contributed by atoms with Gasteiger partial charge in [-0.2, -0.15) is 13.2 Å². The van der Waals surface area contributed by atoms with E-state index in [0.29, 0.717) is 12.1 Å². The van der Waals surface area contributed by atoms with Gasteiger partial charge in [0.1, 0.15) is 0 Å². The molecule has 0 aliphatic carbocycles. The molecule has 0 aromatic heterocycles. The number of halogens is 3. The van der Waals surface area contributed by atoms with Gasteiger partial charge >= 0.3 is 5.51 Å². The SMILES string of the molecule is CC1(CNC(=O)c2ccc(SC(F)(F)F)cc2)CCNCC1. The summed E-state index contributed by atoms with van der Waals surface area (Å²) in [5.74, 6) is -0.247. The molecule has 22 heavy (non-hydrogen) atoms. The zero-order valence-corrected chi connectivity index (χ0v) is 13.1. The van der Waals surface area contributed by atoms with Gasteiger partial charge in [-0.15, -0.1) is 0 Å². The monoisotopic (exact) mass is 332 g/mol. The average molecular weight is 332 g/mol. The van der Waals surface area contributed by atoms with E-state index in [9.17, 15) is 18.0 Å². The molecule has 2 N–H and O–H groups in total. The Labute approximate surface area is 132 Å². The molecule has 0 radical (unpaired) electrons. The van der Waals surface area contributed by atoms with Crippen LogP contribution in [0, 0.1) is 5.41 Å². The fourth-order valence-corrected chi connectivity index (χ4v) is 2.95. The highest BCUT2D eigenvalue weighted by atomic mass is 32.2. The van der Waals surface area contributed by atoms with Gasteiger partial charge in [-0.1, -0.05) is 6.92 Å². The maximum atomic E-state index is 12.2. The van der Waals surface area contributed by atoms with Crippen molar-refractivity contribution in [3.8, 4) is 0 Å². The van der Waals surface area contributed by atoms with Crippen LogP contribution in [0.3, 0.4) is 0 Å². The molecule has 1 aromatic carbocycles. The van der Waals surface area contributed by atoms with E-state index in [0.717, 1.165) is 25.9 Å². The maximum Gasteiger partial charge on any atom is 0.446 e. The molecule has 122 valence electrons. The molecule has 1 saturated heterocycles. The van der Waals surface area contributed by atoms with E-state index in [1.165, 1.54) is 24.3 Å². The molecule has 0 spiro atoms. The van der Waals surface area contributed by atoms with Gasteiger partial charge in [-0.25, -0.2) is 0 Å². The predicted molar refractivity (Wildman–Crippen MR) is 80.9 cm³/mol. The molecule has 0 saturated carbocycles. The number of hydrogen-bond donors (Lipinski definition) is 2. The zero-order valence-electron chi connectivity index (χ0n) is 12.3. The summed E-state index contributed by atoms with van der Waals surface area (Å²) in [4.78, 5) is 12.1. The Kier molecular flexibility index (Phi) is 5.39. The third kappa shape index (κ3) is 5.21. The topological polar surface area (TPSA) is 41.1 Å². The molecule has 1 fully saturated rings. The van der Waals surface area contributed by atoms with Gasteiger partial charge in [0.05, 0.1) is 0 Å². The largest absolute Gasteiger partial charge is 0.446 e. The zero-order chi connectivity index (χ0) is 16.2. The van der Waals surface area contributed by atoms with Crippen LogP contribution in [0.25, 0.3) is 0 Å². The van der Waals surface area contributed by atoms with E-state index >= 15 is 0 Å². The lowest BCUT2D eigenvalue weighted by Gasteiger charge is -2.34. The summed E-state index contributed by atoms with van der Waals surface area (Å²) in [6, 6.07) is 5.49. The molecule has 1 aromatic rings. The Morgan fingerprint density at radius 2 is 1.86 bits per heavy atom. The van der Waals surface area contributed by atoms with Crippen LogP contribution in [-0.2, 0) is 0 Å². The number of hydrogen-bond acceptors (Lipinski definition) is 3. The Bertz CT molecular complexity index is 511. The average Bonchev–Trinajstić information content (AvgIpc) is 2.45. The van der Waals surface area contributed by atoms with Gasteiger partial charge in [-0.05, 0) is 67.4 Å². The number of alkyl halides is 3. The molecule has 1 amide bonds. The van der Waals surface area contributed by atoms with Crippen molar-refractivity contribution in [3.05, 3.63) is 29.8 Å². The first-order valence-corrected chi connectivity index (χ1v) is 7.94. The van der Waals surface area contributed by atoms with E-state index in [1.54, 1.807) is 0 Å². The second kappa shape index (κ2) is 6.91.